The zero-order chi connectivity index (χ0) is 32.6. The van der Waals surface area contributed by atoms with Crippen molar-refractivity contribution in [2.75, 3.05) is 13.2 Å². The van der Waals surface area contributed by atoms with Gasteiger partial charge in [-0.05, 0) is 32.0 Å². The fourth-order valence-corrected chi connectivity index (χ4v) is 6.21. The van der Waals surface area contributed by atoms with Gasteiger partial charge in [0.15, 0.2) is 14.1 Å². The van der Waals surface area contributed by atoms with E-state index in [-0.39, 0.29) is 42.3 Å². The lowest BCUT2D eigenvalue weighted by Gasteiger charge is -2.43. The molecule has 10 nitrogen and oxygen atoms in total. The molecule has 1 aliphatic heterocycles. The third kappa shape index (κ3) is 10.4. The normalized spacial score (nSPS) is 22.4. The molecule has 0 aliphatic carbocycles. The minimum Gasteiger partial charge on any atom is -0.465 e. The molecule has 42 heavy (non-hydrogen) atoms. The van der Waals surface area contributed by atoms with Gasteiger partial charge in [0.2, 0.25) is 0 Å². The second-order valence-electron chi connectivity index (χ2n) is 12.9. The summed E-state index contributed by atoms with van der Waals surface area (Å²) in [5.41, 5.74) is -0.920. The van der Waals surface area contributed by atoms with Crippen LogP contribution in [0.3, 0.4) is 0 Å². The molecular formula is C31H52O10Si. The molecule has 0 aromatic rings. The highest BCUT2D eigenvalue weighted by Crippen LogP contribution is 2.51. The lowest BCUT2D eigenvalue weighted by molar-refractivity contribution is -0.160. The van der Waals surface area contributed by atoms with Crippen molar-refractivity contribution in [3.05, 3.63) is 12.2 Å². The van der Waals surface area contributed by atoms with E-state index >= 15 is 0 Å². The molecule has 1 fully saturated rings. The summed E-state index contributed by atoms with van der Waals surface area (Å²) < 4.78 is 29.4. The van der Waals surface area contributed by atoms with Crippen LogP contribution >= 0.6 is 0 Å². The summed E-state index contributed by atoms with van der Waals surface area (Å²) >= 11 is 0. The molecule has 0 aromatic carbocycles. The van der Waals surface area contributed by atoms with Gasteiger partial charge in [0.1, 0.15) is 30.7 Å². The average molecular weight is 613 g/mol. The van der Waals surface area contributed by atoms with E-state index in [9.17, 15) is 24.0 Å². The molecule has 0 N–H and O–H groups in total. The van der Waals surface area contributed by atoms with E-state index in [4.69, 9.17) is 23.4 Å². The SMILES string of the molecule is C/C=C\[C@H](C)[C@H]1O[C@@]1(C)[C@@H](O[Si](C)(C)C(C)(C)C)[C@@H](COC(C)=O)C(=O)[C@H](COC(C)=O)[C@@H](CC(=O)CC)OC(C)=O. The van der Waals surface area contributed by atoms with Crippen LogP contribution in [0.15, 0.2) is 12.2 Å². The van der Waals surface area contributed by atoms with Crippen LogP contribution in [-0.2, 0) is 47.3 Å². The Kier molecular flexibility index (Phi) is 13.8. The molecule has 0 aromatic heterocycles. The Morgan fingerprint density at radius 2 is 1.48 bits per heavy atom. The summed E-state index contributed by atoms with van der Waals surface area (Å²) in [5, 5.41) is -0.235. The minimum atomic E-state index is -2.56. The second kappa shape index (κ2) is 15.4. The Hall–Kier alpha value is -2.37. The van der Waals surface area contributed by atoms with E-state index in [1.54, 1.807) is 6.92 Å². The van der Waals surface area contributed by atoms with E-state index < -0.39 is 68.3 Å². The van der Waals surface area contributed by atoms with Crippen LogP contribution in [0.25, 0.3) is 0 Å². The van der Waals surface area contributed by atoms with E-state index in [0.717, 1.165) is 0 Å². The van der Waals surface area contributed by atoms with Gasteiger partial charge >= 0.3 is 17.9 Å². The van der Waals surface area contributed by atoms with Crippen molar-refractivity contribution in [3.8, 4) is 0 Å². The zero-order valence-corrected chi connectivity index (χ0v) is 28.5. The number of Topliss-reactive ketones (excluding diaryl/α,β-unsaturated/α-hetero) is 2. The van der Waals surface area contributed by atoms with Gasteiger partial charge in [-0.2, -0.15) is 0 Å². The molecule has 1 saturated heterocycles. The van der Waals surface area contributed by atoms with Crippen LogP contribution in [-0.4, -0.2) is 74.9 Å². The Balaban J connectivity index is 3.80. The molecule has 7 atom stereocenters. The van der Waals surface area contributed by atoms with Crippen LogP contribution in [0.5, 0.6) is 0 Å². The summed E-state index contributed by atoms with van der Waals surface area (Å²) in [6.45, 7) is 20.7. The van der Waals surface area contributed by atoms with Crippen molar-refractivity contribution in [3.63, 3.8) is 0 Å². The van der Waals surface area contributed by atoms with Gasteiger partial charge < -0.3 is 23.4 Å². The van der Waals surface area contributed by atoms with Gasteiger partial charge in [0.25, 0.3) is 0 Å². The van der Waals surface area contributed by atoms with Crippen molar-refractivity contribution < 1.29 is 47.3 Å². The first kappa shape index (κ1) is 37.7. The molecule has 0 radical (unpaired) electrons. The topological polar surface area (TPSA) is 135 Å². The van der Waals surface area contributed by atoms with Gasteiger partial charge in [-0.25, -0.2) is 0 Å². The van der Waals surface area contributed by atoms with E-state index in [1.807, 2.05) is 32.9 Å². The van der Waals surface area contributed by atoms with Gasteiger partial charge in [0.05, 0.1) is 24.0 Å². The second-order valence-corrected chi connectivity index (χ2v) is 17.6. The molecular weight excluding hydrogens is 560 g/mol. The maximum atomic E-state index is 14.6. The first-order chi connectivity index (χ1) is 19.2. The number of hydrogen-bond donors (Lipinski definition) is 0. The fraction of sp³-hybridized carbons (Fsp3) is 0.774. The Morgan fingerprint density at radius 1 is 0.952 bits per heavy atom. The molecule has 11 heteroatoms. The van der Waals surface area contributed by atoms with Crippen LogP contribution < -0.4 is 0 Å². The number of ketones is 2. The van der Waals surface area contributed by atoms with Crippen molar-refractivity contribution in [2.24, 2.45) is 17.8 Å². The number of carbonyl (C=O) groups is 5. The Bertz CT molecular complexity index is 1010. The molecule has 1 aliphatic rings. The highest BCUT2D eigenvalue weighted by Gasteiger charge is 2.64. The van der Waals surface area contributed by atoms with Crippen molar-refractivity contribution >= 4 is 37.8 Å². The monoisotopic (exact) mass is 612 g/mol. The summed E-state index contributed by atoms with van der Waals surface area (Å²) in [4.78, 5) is 63.0. The molecule has 1 rings (SSSR count). The molecule has 0 bridgehead atoms. The predicted molar refractivity (Wildman–Crippen MR) is 160 cm³/mol. The molecule has 0 saturated carbocycles. The zero-order valence-electron chi connectivity index (χ0n) is 27.5. The van der Waals surface area contributed by atoms with Crippen molar-refractivity contribution in [1.82, 2.24) is 0 Å². The van der Waals surface area contributed by atoms with E-state index in [1.165, 1.54) is 20.8 Å². The van der Waals surface area contributed by atoms with Crippen LogP contribution in [0.1, 0.15) is 82.1 Å². The van der Waals surface area contributed by atoms with Crippen molar-refractivity contribution in [2.45, 2.75) is 124 Å². The minimum absolute atomic E-state index is 0.00260. The van der Waals surface area contributed by atoms with E-state index in [0.29, 0.717) is 0 Å². The number of esters is 3. The molecule has 240 valence electrons. The standard InChI is InChI=1S/C31H52O10Si/c1-13-15-19(3)28-31(10,40-28)29(41-42(11,12)30(7,8)9)25(18-38-21(5)33)27(36)24(17-37-20(4)32)26(39-22(6)34)16-23(35)14-2/h13,15,19,24-26,28-29H,14,16-18H2,1-12H3/b15-13-/t19-,24+,25-,26+,28+,29-,31+/m0/s1. The first-order valence-electron chi connectivity index (χ1n) is 14.7. The third-order valence-corrected chi connectivity index (χ3v) is 12.7. The lowest BCUT2D eigenvalue weighted by Crippen LogP contribution is -2.55. The first-order valence-corrected chi connectivity index (χ1v) is 17.6. The molecule has 0 amide bonds. The number of allylic oxidation sites excluding steroid dienone is 1. The molecule has 1 heterocycles. The molecule has 0 spiro atoms. The quantitative estimate of drug-likeness (QED) is 0.0728. The van der Waals surface area contributed by atoms with Gasteiger partial charge in [-0.15, -0.1) is 0 Å². The van der Waals surface area contributed by atoms with Gasteiger partial charge in [-0.1, -0.05) is 46.8 Å². The van der Waals surface area contributed by atoms with Crippen LogP contribution in [0, 0.1) is 17.8 Å². The smallest absolute Gasteiger partial charge is 0.302 e. The summed E-state index contributed by atoms with van der Waals surface area (Å²) in [5.74, 6) is -4.95. The number of hydrogen-bond acceptors (Lipinski definition) is 10. The third-order valence-electron chi connectivity index (χ3n) is 8.27. The summed E-state index contributed by atoms with van der Waals surface area (Å²) in [7, 11) is -2.56. The Morgan fingerprint density at radius 3 is 1.90 bits per heavy atom. The van der Waals surface area contributed by atoms with Gasteiger partial charge in [-0.3, -0.25) is 24.0 Å². The Labute approximate surface area is 252 Å². The van der Waals surface area contributed by atoms with Gasteiger partial charge in [0, 0.05) is 39.5 Å². The number of ether oxygens (including phenoxy) is 4. The maximum absolute atomic E-state index is 14.6. The highest BCUT2D eigenvalue weighted by molar-refractivity contribution is 6.74. The van der Waals surface area contributed by atoms with Crippen LogP contribution in [0.2, 0.25) is 18.1 Å². The fourth-order valence-electron chi connectivity index (χ4n) is 4.82. The maximum Gasteiger partial charge on any atom is 0.302 e. The largest absolute Gasteiger partial charge is 0.465 e. The number of epoxide rings is 1. The highest BCUT2D eigenvalue weighted by atomic mass is 28.4. The van der Waals surface area contributed by atoms with E-state index in [2.05, 4.69) is 33.9 Å². The lowest BCUT2D eigenvalue weighted by atomic mass is 9.79. The average Bonchev–Trinajstić information content (AvgIpc) is 3.54. The molecule has 0 unspecified atom stereocenters. The number of carbonyl (C=O) groups excluding carboxylic acids is 5. The van der Waals surface area contributed by atoms with Crippen molar-refractivity contribution in [1.29, 1.82) is 0 Å². The summed E-state index contributed by atoms with van der Waals surface area (Å²) in [6, 6.07) is 0. The predicted octanol–water partition coefficient (Wildman–Crippen LogP) is 4.98. The van der Waals surface area contributed by atoms with Crippen LogP contribution in [0.4, 0.5) is 0 Å². The number of rotatable bonds is 17. The summed E-state index contributed by atoms with van der Waals surface area (Å²) in [6.07, 6.45) is 1.53.